The maximum Gasteiger partial charge on any atom is 0.129 e. The average Bonchev–Trinajstić information content (AvgIpc) is 2.27. The zero-order valence-electron chi connectivity index (χ0n) is 12.1. The maximum atomic E-state index is 9.15. The van der Waals surface area contributed by atoms with Crippen molar-refractivity contribution in [1.29, 1.82) is 0 Å². The van der Waals surface area contributed by atoms with Crippen molar-refractivity contribution in [1.82, 2.24) is 9.97 Å². The first-order chi connectivity index (χ1) is 8.34. The monoisotopic (exact) mass is 251 g/mol. The van der Waals surface area contributed by atoms with E-state index in [4.69, 9.17) is 5.11 Å². The second kappa shape index (κ2) is 6.14. The summed E-state index contributed by atoms with van der Waals surface area (Å²) in [6, 6.07) is 2.18. The van der Waals surface area contributed by atoms with Crippen LogP contribution in [0.4, 0.5) is 5.82 Å². The molecule has 0 spiro atoms. The van der Waals surface area contributed by atoms with Gasteiger partial charge in [0.05, 0.1) is 0 Å². The lowest BCUT2D eigenvalue weighted by molar-refractivity contribution is 0.235. The van der Waals surface area contributed by atoms with E-state index < -0.39 is 0 Å². The van der Waals surface area contributed by atoms with Crippen molar-refractivity contribution in [3.05, 3.63) is 18.1 Å². The number of hydrogen-bond acceptors (Lipinski definition) is 4. The smallest absolute Gasteiger partial charge is 0.129 e. The normalized spacial score (nSPS) is 13.7. The van der Waals surface area contributed by atoms with E-state index in [0.29, 0.717) is 12.3 Å². The van der Waals surface area contributed by atoms with Crippen molar-refractivity contribution in [3.8, 4) is 0 Å². The fourth-order valence-corrected chi connectivity index (χ4v) is 1.80. The van der Waals surface area contributed by atoms with Gasteiger partial charge < -0.3 is 10.4 Å². The topological polar surface area (TPSA) is 58.0 Å². The molecule has 0 bridgehead atoms. The van der Waals surface area contributed by atoms with E-state index in [-0.39, 0.29) is 18.1 Å². The van der Waals surface area contributed by atoms with Crippen LogP contribution in [0.25, 0.3) is 0 Å². The molecule has 0 saturated carbocycles. The highest BCUT2D eigenvalue weighted by Gasteiger charge is 2.24. The Balaban J connectivity index is 2.84. The first-order valence-electron chi connectivity index (χ1n) is 6.54. The Morgan fingerprint density at radius 3 is 2.44 bits per heavy atom. The van der Waals surface area contributed by atoms with E-state index >= 15 is 0 Å². The third-order valence-corrected chi connectivity index (χ3v) is 3.07. The standard InChI is InChI=1S/C14H25N3O/c1-10(2)11-8-13(16-9-15-11)17-12(6-7-18)14(3,4)5/h8-10,12,18H,6-7H2,1-5H3,(H,15,16,17). The molecule has 18 heavy (non-hydrogen) atoms. The van der Waals surface area contributed by atoms with Gasteiger partial charge in [0.1, 0.15) is 12.1 Å². The molecule has 0 aliphatic carbocycles. The van der Waals surface area contributed by atoms with E-state index in [9.17, 15) is 0 Å². The molecule has 102 valence electrons. The number of rotatable bonds is 5. The molecule has 4 nitrogen and oxygen atoms in total. The fourth-order valence-electron chi connectivity index (χ4n) is 1.80. The van der Waals surface area contributed by atoms with E-state index in [1.807, 2.05) is 6.07 Å². The highest BCUT2D eigenvalue weighted by molar-refractivity contribution is 5.37. The molecule has 1 unspecified atom stereocenters. The van der Waals surface area contributed by atoms with Crippen LogP contribution in [0.15, 0.2) is 12.4 Å². The molecule has 1 atom stereocenters. The third-order valence-electron chi connectivity index (χ3n) is 3.07. The second-order valence-corrected chi connectivity index (χ2v) is 6.06. The zero-order valence-corrected chi connectivity index (χ0v) is 12.1. The van der Waals surface area contributed by atoms with Crippen molar-refractivity contribution in [3.63, 3.8) is 0 Å². The van der Waals surface area contributed by atoms with Gasteiger partial charge in [0, 0.05) is 24.4 Å². The Kier molecular flexibility index (Phi) is 5.08. The minimum Gasteiger partial charge on any atom is -0.396 e. The first-order valence-corrected chi connectivity index (χ1v) is 6.54. The van der Waals surface area contributed by atoms with Gasteiger partial charge in [-0.3, -0.25) is 0 Å². The summed E-state index contributed by atoms with van der Waals surface area (Å²) in [6.45, 7) is 10.9. The Morgan fingerprint density at radius 1 is 1.28 bits per heavy atom. The second-order valence-electron chi connectivity index (χ2n) is 6.06. The number of hydrogen-bond donors (Lipinski definition) is 2. The molecule has 4 heteroatoms. The molecule has 0 aromatic carbocycles. The van der Waals surface area contributed by atoms with Gasteiger partial charge in [0.2, 0.25) is 0 Å². The summed E-state index contributed by atoms with van der Waals surface area (Å²) in [5.41, 5.74) is 1.11. The van der Waals surface area contributed by atoms with Gasteiger partial charge in [-0.2, -0.15) is 0 Å². The van der Waals surface area contributed by atoms with Gasteiger partial charge in [-0.05, 0) is 17.8 Å². The van der Waals surface area contributed by atoms with Crippen LogP contribution in [-0.4, -0.2) is 27.7 Å². The zero-order chi connectivity index (χ0) is 13.8. The predicted octanol–water partition coefficient (Wildman–Crippen LogP) is 2.81. The van der Waals surface area contributed by atoms with Gasteiger partial charge in [0.25, 0.3) is 0 Å². The number of aliphatic hydroxyl groups is 1. The van der Waals surface area contributed by atoms with Crippen LogP contribution in [0.5, 0.6) is 0 Å². The highest BCUT2D eigenvalue weighted by atomic mass is 16.3. The van der Waals surface area contributed by atoms with Crippen LogP contribution >= 0.6 is 0 Å². The lowest BCUT2D eigenvalue weighted by Crippen LogP contribution is -2.35. The van der Waals surface area contributed by atoms with E-state index in [2.05, 4.69) is 49.9 Å². The molecule has 1 aromatic heterocycles. The predicted molar refractivity (Wildman–Crippen MR) is 74.7 cm³/mol. The van der Waals surface area contributed by atoms with Crippen molar-refractivity contribution >= 4 is 5.82 Å². The molecule has 1 heterocycles. The van der Waals surface area contributed by atoms with Crippen LogP contribution < -0.4 is 5.32 Å². The molecule has 1 aromatic rings. The first kappa shape index (κ1) is 14.9. The van der Waals surface area contributed by atoms with Gasteiger partial charge in [-0.1, -0.05) is 34.6 Å². The molecule has 0 radical (unpaired) electrons. The van der Waals surface area contributed by atoms with Crippen molar-refractivity contribution in [2.45, 2.75) is 53.0 Å². The van der Waals surface area contributed by atoms with Crippen LogP contribution in [0.2, 0.25) is 0 Å². The van der Waals surface area contributed by atoms with Gasteiger partial charge in [0.15, 0.2) is 0 Å². The SMILES string of the molecule is CC(C)c1cc(NC(CCO)C(C)(C)C)ncn1. The van der Waals surface area contributed by atoms with E-state index in [0.717, 1.165) is 11.5 Å². The van der Waals surface area contributed by atoms with Crippen molar-refractivity contribution < 1.29 is 5.11 Å². The summed E-state index contributed by atoms with van der Waals surface area (Å²) in [4.78, 5) is 8.51. The van der Waals surface area contributed by atoms with Gasteiger partial charge in [-0.15, -0.1) is 0 Å². The number of aromatic nitrogens is 2. The molecule has 2 N–H and O–H groups in total. The summed E-state index contributed by atoms with van der Waals surface area (Å²) in [7, 11) is 0. The molecule has 0 saturated heterocycles. The minimum absolute atomic E-state index is 0.0751. The lowest BCUT2D eigenvalue weighted by atomic mass is 9.85. The van der Waals surface area contributed by atoms with Gasteiger partial charge >= 0.3 is 0 Å². The molecular weight excluding hydrogens is 226 g/mol. The van der Waals surface area contributed by atoms with Crippen LogP contribution in [0.1, 0.15) is 52.7 Å². The summed E-state index contributed by atoms with van der Waals surface area (Å²) in [6.07, 6.45) is 2.31. The quantitative estimate of drug-likeness (QED) is 0.845. The molecule has 0 aliphatic rings. The molecule has 0 fully saturated rings. The van der Waals surface area contributed by atoms with Crippen molar-refractivity contribution in [2.75, 3.05) is 11.9 Å². The van der Waals surface area contributed by atoms with Crippen molar-refractivity contribution in [2.24, 2.45) is 5.41 Å². The van der Waals surface area contributed by atoms with E-state index in [1.54, 1.807) is 6.33 Å². The fraction of sp³-hybridized carbons (Fsp3) is 0.714. The molecule has 1 rings (SSSR count). The number of aliphatic hydroxyl groups excluding tert-OH is 1. The maximum absolute atomic E-state index is 9.15. The highest BCUT2D eigenvalue weighted by Crippen LogP contribution is 2.25. The molecule has 0 amide bonds. The van der Waals surface area contributed by atoms with Crippen LogP contribution in [-0.2, 0) is 0 Å². The van der Waals surface area contributed by atoms with Gasteiger partial charge in [-0.25, -0.2) is 9.97 Å². The Labute approximate surface area is 110 Å². The average molecular weight is 251 g/mol. The molecule has 0 aliphatic heterocycles. The summed E-state index contributed by atoms with van der Waals surface area (Å²) in [5.74, 6) is 1.22. The summed E-state index contributed by atoms with van der Waals surface area (Å²) in [5, 5.41) is 12.6. The largest absolute Gasteiger partial charge is 0.396 e. The number of nitrogens with zero attached hydrogens (tertiary/aromatic N) is 2. The van der Waals surface area contributed by atoms with E-state index in [1.165, 1.54) is 0 Å². The molecular formula is C14H25N3O. The summed E-state index contributed by atoms with van der Waals surface area (Å²) >= 11 is 0. The van der Waals surface area contributed by atoms with Crippen LogP contribution in [0.3, 0.4) is 0 Å². The minimum atomic E-state index is 0.0751. The Hall–Kier alpha value is -1.16. The third kappa shape index (κ3) is 4.26. The lowest BCUT2D eigenvalue weighted by Gasteiger charge is -2.31. The Bertz CT molecular complexity index is 372. The number of anilines is 1. The summed E-state index contributed by atoms with van der Waals surface area (Å²) < 4.78 is 0. The Morgan fingerprint density at radius 2 is 1.94 bits per heavy atom. The number of nitrogens with one attached hydrogen (secondary N) is 1. The van der Waals surface area contributed by atoms with Crippen LogP contribution in [0, 0.1) is 5.41 Å².